The third kappa shape index (κ3) is 3.89. The molecular weight excluding hydrogens is 458 g/mol. The van der Waals surface area contributed by atoms with Gasteiger partial charge in [0.15, 0.2) is 18.8 Å². The average molecular weight is 486 g/mol. The molecule has 0 aliphatic carbocycles. The average Bonchev–Trinajstić information content (AvgIpc) is 3.51. The van der Waals surface area contributed by atoms with Crippen molar-refractivity contribution >= 4 is 29.0 Å². The Hall–Kier alpha value is -3.84. The highest BCUT2D eigenvalue weighted by atomic mass is 16.7. The van der Waals surface area contributed by atoms with Crippen molar-refractivity contribution in [2.24, 2.45) is 5.92 Å². The first kappa shape index (κ1) is 22.6. The summed E-state index contributed by atoms with van der Waals surface area (Å²) < 4.78 is 22.7. The van der Waals surface area contributed by atoms with E-state index in [1.807, 2.05) is 50.2 Å². The molecule has 7 nitrogen and oxygen atoms in total. The maximum Gasteiger partial charge on any atom is 0.344 e. The summed E-state index contributed by atoms with van der Waals surface area (Å²) in [6.07, 6.45) is -1.11. The highest BCUT2D eigenvalue weighted by molar-refractivity contribution is 5.79. The topological polar surface area (TPSA) is 74.3 Å². The van der Waals surface area contributed by atoms with Gasteiger partial charge in [-0.05, 0) is 67.8 Å². The molecule has 2 bridgehead atoms. The van der Waals surface area contributed by atoms with Gasteiger partial charge in [-0.2, -0.15) is 0 Å². The van der Waals surface area contributed by atoms with Crippen LogP contribution in [0.1, 0.15) is 17.5 Å². The van der Waals surface area contributed by atoms with Crippen molar-refractivity contribution in [2.75, 3.05) is 11.5 Å². The number of rotatable bonds is 7. The van der Waals surface area contributed by atoms with E-state index in [4.69, 9.17) is 18.9 Å². The van der Waals surface area contributed by atoms with Crippen LogP contribution in [-0.4, -0.2) is 43.0 Å². The van der Waals surface area contributed by atoms with E-state index in [1.54, 1.807) is 0 Å². The number of para-hydroxylation sites is 2. The van der Waals surface area contributed by atoms with E-state index < -0.39 is 18.2 Å². The van der Waals surface area contributed by atoms with Crippen molar-refractivity contribution in [1.29, 1.82) is 0 Å². The van der Waals surface area contributed by atoms with Crippen molar-refractivity contribution in [3.8, 4) is 5.75 Å². The van der Waals surface area contributed by atoms with Gasteiger partial charge in [0.25, 0.3) is 0 Å². The number of carbonyl (C=O) groups is 2. The molecule has 0 radical (unpaired) electrons. The molecule has 3 fully saturated rings. The molecule has 3 aliphatic heterocycles. The maximum atomic E-state index is 12.6. The molecule has 7 heteroatoms. The van der Waals surface area contributed by atoms with Crippen LogP contribution in [0.25, 0.3) is 0 Å². The molecule has 0 N–H and O–H groups in total. The molecule has 5 atom stereocenters. The van der Waals surface area contributed by atoms with Crippen LogP contribution in [0, 0.1) is 19.8 Å². The number of hydrogen-bond acceptors (Lipinski definition) is 7. The second-order valence-corrected chi connectivity index (χ2v) is 9.54. The second kappa shape index (κ2) is 8.99. The zero-order valence-corrected chi connectivity index (χ0v) is 20.1. The standard InChI is InChI=1S/C29H27NO6/c1-17-13-21(30(19-9-5-3-6-10-19)20-11-7-4-8-12-20)14-18(2)25(17)33-16-24(31)35-27-23-15-22-26(34-23)28(27)36-29(22)32/h3-14,22-23,26-28H,15-16H2,1-2H3. The molecule has 0 spiro atoms. The van der Waals surface area contributed by atoms with Gasteiger partial charge in [0, 0.05) is 17.1 Å². The van der Waals surface area contributed by atoms with Crippen molar-refractivity contribution in [3.05, 3.63) is 83.9 Å². The first-order chi connectivity index (χ1) is 17.5. The van der Waals surface area contributed by atoms with E-state index in [1.165, 1.54) is 0 Å². The van der Waals surface area contributed by atoms with Crippen molar-refractivity contribution in [1.82, 2.24) is 0 Å². The normalized spacial score (nSPS) is 25.5. The van der Waals surface area contributed by atoms with Gasteiger partial charge in [0.1, 0.15) is 11.9 Å². The van der Waals surface area contributed by atoms with Gasteiger partial charge < -0.3 is 23.8 Å². The van der Waals surface area contributed by atoms with Crippen LogP contribution >= 0.6 is 0 Å². The number of aryl methyl sites for hydroxylation is 2. The molecule has 3 saturated heterocycles. The molecule has 3 heterocycles. The lowest BCUT2D eigenvalue weighted by Gasteiger charge is -2.27. The minimum atomic E-state index is -0.566. The number of benzene rings is 3. The minimum absolute atomic E-state index is 0.221. The number of anilines is 3. The van der Waals surface area contributed by atoms with Crippen LogP contribution in [0.5, 0.6) is 5.75 Å². The summed E-state index contributed by atoms with van der Waals surface area (Å²) in [5, 5.41) is 0. The van der Waals surface area contributed by atoms with Crippen molar-refractivity contribution in [2.45, 2.75) is 44.7 Å². The van der Waals surface area contributed by atoms with E-state index in [-0.39, 0.29) is 30.7 Å². The fourth-order valence-electron chi connectivity index (χ4n) is 5.58. The molecule has 6 rings (SSSR count). The van der Waals surface area contributed by atoms with E-state index in [9.17, 15) is 9.59 Å². The Kier molecular flexibility index (Phi) is 5.64. The summed E-state index contributed by atoms with van der Waals surface area (Å²) in [7, 11) is 0. The third-order valence-electron chi connectivity index (χ3n) is 7.12. The molecule has 0 amide bonds. The first-order valence-corrected chi connectivity index (χ1v) is 12.2. The predicted molar refractivity (Wildman–Crippen MR) is 133 cm³/mol. The molecule has 3 aromatic rings. The zero-order chi connectivity index (χ0) is 24.8. The van der Waals surface area contributed by atoms with Gasteiger partial charge >= 0.3 is 11.9 Å². The van der Waals surface area contributed by atoms with Gasteiger partial charge in [0.2, 0.25) is 0 Å². The number of ether oxygens (including phenoxy) is 4. The fourth-order valence-corrected chi connectivity index (χ4v) is 5.58. The summed E-state index contributed by atoms with van der Waals surface area (Å²) in [6.45, 7) is 3.69. The largest absolute Gasteiger partial charge is 0.481 e. The molecule has 0 aromatic heterocycles. The van der Waals surface area contributed by atoms with E-state index in [0.29, 0.717) is 12.2 Å². The van der Waals surface area contributed by atoms with E-state index in [2.05, 4.69) is 41.3 Å². The SMILES string of the molecule is Cc1cc(N(c2ccccc2)c2ccccc2)cc(C)c1OCC(=O)OC1C2CC3C(=O)OC1C3O2. The lowest BCUT2D eigenvalue weighted by molar-refractivity contribution is -0.162. The number of carbonyl (C=O) groups excluding carboxylic acids is 2. The van der Waals surface area contributed by atoms with Crippen LogP contribution in [0.4, 0.5) is 17.1 Å². The monoisotopic (exact) mass is 485 g/mol. The highest BCUT2D eigenvalue weighted by Crippen LogP contribution is 2.47. The van der Waals surface area contributed by atoms with Crippen LogP contribution in [0.2, 0.25) is 0 Å². The Morgan fingerprint density at radius 2 is 1.53 bits per heavy atom. The molecule has 184 valence electrons. The molecule has 5 unspecified atom stereocenters. The summed E-state index contributed by atoms with van der Waals surface area (Å²) in [5.74, 6) is -0.336. The maximum absolute atomic E-state index is 12.6. The lowest BCUT2D eigenvalue weighted by Crippen LogP contribution is -2.40. The fraction of sp³-hybridized carbons (Fsp3) is 0.310. The first-order valence-electron chi connectivity index (χ1n) is 12.2. The quantitative estimate of drug-likeness (QED) is 0.446. The van der Waals surface area contributed by atoms with Crippen LogP contribution < -0.4 is 9.64 Å². The number of fused-ring (bicyclic) bond motifs is 1. The van der Waals surface area contributed by atoms with Gasteiger partial charge in [-0.3, -0.25) is 4.79 Å². The summed E-state index contributed by atoms with van der Waals surface area (Å²) in [5.41, 5.74) is 4.90. The Balaban J connectivity index is 1.18. The number of esters is 2. The van der Waals surface area contributed by atoms with Crippen LogP contribution in [0.3, 0.4) is 0 Å². The van der Waals surface area contributed by atoms with Crippen molar-refractivity contribution < 1.29 is 28.5 Å². The van der Waals surface area contributed by atoms with Gasteiger partial charge in [-0.25, -0.2) is 4.79 Å². The van der Waals surface area contributed by atoms with Gasteiger partial charge in [-0.1, -0.05) is 36.4 Å². The Labute approximate surface area is 209 Å². The number of nitrogens with zero attached hydrogens (tertiary/aromatic N) is 1. The van der Waals surface area contributed by atoms with E-state index >= 15 is 0 Å². The Morgan fingerprint density at radius 1 is 0.917 bits per heavy atom. The minimum Gasteiger partial charge on any atom is -0.481 e. The predicted octanol–water partition coefficient (Wildman–Crippen LogP) is 4.78. The molecule has 3 aliphatic rings. The smallest absolute Gasteiger partial charge is 0.344 e. The molecule has 0 saturated carbocycles. The van der Waals surface area contributed by atoms with E-state index in [0.717, 1.165) is 28.2 Å². The molecule has 36 heavy (non-hydrogen) atoms. The molecular formula is C29H27NO6. The number of hydrogen-bond donors (Lipinski definition) is 0. The van der Waals surface area contributed by atoms with Crippen LogP contribution in [-0.2, 0) is 23.8 Å². The van der Waals surface area contributed by atoms with Crippen LogP contribution in [0.15, 0.2) is 72.8 Å². The molecule has 3 aromatic carbocycles. The summed E-state index contributed by atoms with van der Waals surface area (Å²) >= 11 is 0. The van der Waals surface area contributed by atoms with Gasteiger partial charge in [0.05, 0.1) is 12.0 Å². The van der Waals surface area contributed by atoms with Gasteiger partial charge in [-0.15, -0.1) is 0 Å². The summed E-state index contributed by atoms with van der Waals surface area (Å²) in [6, 6.07) is 24.4. The Morgan fingerprint density at radius 3 is 2.14 bits per heavy atom. The second-order valence-electron chi connectivity index (χ2n) is 9.54. The highest BCUT2D eigenvalue weighted by Gasteiger charge is 2.65. The van der Waals surface area contributed by atoms with Crippen molar-refractivity contribution in [3.63, 3.8) is 0 Å². The lowest BCUT2D eigenvalue weighted by atomic mass is 9.88. The Bertz CT molecular complexity index is 1230. The zero-order valence-electron chi connectivity index (χ0n) is 20.1. The summed E-state index contributed by atoms with van der Waals surface area (Å²) in [4.78, 5) is 26.7. The third-order valence-corrected chi connectivity index (χ3v) is 7.12.